The minimum atomic E-state index is -0.593. The zero-order chi connectivity index (χ0) is 49.6. The number of aromatic nitrogens is 6. The first-order chi connectivity index (χ1) is 35.2. The van der Waals surface area contributed by atoms with E-state index in [4.69, 9.17) is 0 Å². The molecule has 0 unspecified atom stereocenters. The number of pyridine rings is 6. The van der Waals surface area contributed by atoms with E-state index in [-0.39, 0.29) is 68.3 Å². The van der Waals surface area contributed by atoms with Crippen molar-refractivity contribution in [2.75, 3.05) is 31.9 Å². The van der Waals surface area contributed by atoms with Gasteiger partial charge in [0.1, 0.15) is 34.2 Å². The molecule has 18 heteroatoms. The van der Waals surface area contributed by atoms with E-state index < -0.39 is 35.4 Å². The highest BCUT2D eigenvalue weighted by Gasteiger charge is 2.24. The van der Waals surface area contributed by atoms with E-state index in [0.717, 1.165) is 0 Å². The minimum absolute atomic E-state index is 0.0874. The maximum absolute atomic E-state index is 13.9. The van der Waals surface area contributed by atoms with Crippen molar-refractivity contribution in [2.24, 2.45) is 0 Å². The molecule has 348 valence electrons. The molecule has 0 spiro atoms. The summed E-state index contributed by atoms with van der Waals surface area (Å²) in [5.41, 5.74) is 1.43. The van der Waals surface area contributed by atoms with E-state index in [9.17, 15) is 28.8 Å². The van der Waals surface area contributed by atoms with E-state index in [1.165, 1.54) is 73.6 Å². The second-order valence-electron chi connectivity index (χ2n) is 15.8. The molecule has 6 heterocycles. The minimum Gasteiger partial charge on any atom is -0.319 e. The molecule has 6 aromatic heterocycles. The van der Waals surface area contributed by atoms with Crippen molar-refractivity contribution < 1.29 is 28.8 Å². The molecule has 0 saturated heterocycles. The third-order valence-corrected chi connectivity index (χ3v) is 11.2. The number of anilines is 6. The number of hydrogen-bond donors (Lipinski definition) is 6. The van der Waals surface area contributed by atoms with Crippen molar-refractivity contribution in [3.8, 4) is 0 Å². The smallest absolute Gasteiger partial charge is 0.274 e. The van der Waals surface area contributed by atoms with E-state index in [1.54, 1.807) is 109 Å². The summed E-state index contributed by atoms with van der Waals surface area (Å²) in [4.78, 5) is 109. The molecule has 0 aliphatic rings. The second kappa shape index (κ2) is 19.9. The summed E-state index contributed by atoms with van der Waals surface area (Å²) in [5.74, 6) is -3.56. The average Bonchev–Trinajstić information content (AvgIpc) is 3.43. The van der Waals surface area contributed by atoms with Gasteiger partial charge in [-0.25, -0.2) is 0 Å². The first-order valence-corrected chi connectivity index (χ1v) is 22.1. The summed E-state index contributed by atoms with van der Waals surface area (Å²) in [6.07, 6.45) is 8.84. The van der Waals surface area contributed by atoms with Crippen LogP contribution in [0, 0.1) is 0 Å². The molecule has 0 atom stereocenters. The molecule has 0 saturated carbocycles. The second-order valence-corrected chi connectivity index (χ2v) is 15.8. The van der Waals surface area contributed by atoms with Crippen LogP contribution in [0.4, 0.5) is 34.1 Å². The van der Waals surface area contributed by atoms with E-state index in [1.807, 2.05) is 0 Å². The molecule has 4 aromatic carbocycles. The van der Waals surface area contributed by atoms with Crippen LogP contribution in [0.25, 0.3) is 32.3 Å². The zero-order valence-corrected chi connectivity index (χ0v) is 37.5. The lowest BCUT2D eigenvalue weighted by molar-refractivity contribution is 0.101. The third kappa shape index (κ3) is 9.58. The van der Waals surface area contributed by atoms with Crippen molar-refractivity contribution >= 4 is 102 Å². The quantitative estimate of drug-likeness (QED) is 0.0628. The molecule has 0 bridgehead atoms. The summed E-state index contributed by atoms with van der Waals surface area (Å²) in [5, 5.41) is 20.3. The Bertz CT molecular complexity index is 3080. The fraction of sp³-hybridized carbons (Fsp3) is 0. The standard InChI is InChI=1S/C54H36N12O6/c67-49(37-13-1-7-19-55-37)61-43-25-31-32(26-44(43)62-50(68)38-14-2-8-20-56-38)34-28-46(64-52(70)40-16-4-10-22-58-40)48(66-54(72)42-18-6-12-24-60-42)30-36(34)35-29-47(65-53(71)41-17-5-11-23-59-41)45(27-33(31)35)63-51(69)39-15-3-9-21-57-39/h1-30H,(H,61,67)(H,62,68)(H,63,69)(H,64,70)(H,65,71)(H,66,72). The van der Waals surface area contributed by atoms with Gasteiger partial charge < -0.3 is 31.9 Å². The molecule has 0 aliphatic carbocycles. The maximum Gasteiger partial charge on any atom is 0.274 e. The van der Waals surface area contributed by atoms with Crippen LogP contribution < -0.4 is 31.9 Å². The number of rotatable bonds is 12. The largest absolute Gasteiger partial charge is 0.319 e. The molecule has 10 rings (SSSR count). The molecule has 0 fully saturated rings. The fourth-order valence-corrected chi connectivity index (χ4v) is 7.86. The van der Waals surface area contributed by atoms with Crippen LogP contribution >= 0.6 is 0 Å². The lowest BCUT2D eigenvalue weighted by Gasteiger charge is -2.21. The Kier molecular flexibility index (Phi) is 12.5. The summed E-state index contributed by atoms with van der Waals surface area (Å²) in [6.45, 7) is 0. The molecular formula is C54H36N12O6. The fourth-order valence-electron chi connectivity index (χ4n) is 7.86. The van der Waals surface area contributed by atoms with Crippen LogP contribution in [0.2, 0.25) is 0 Å². The Labute approximate surface area is 408 Å². The van der Waals surface area contributed by atoms with Gasteiger partial charge in [0, 0.05) is 37.2 Å². The van der Waals surface area contributed by atoms with Crippen LogP contribution in [0.1, 0.15) is 62.9 Å². The Hall–Kier alpha value is -10.6. The van der Waals surface area contributed by atoms with Gasteiger partial charge in [-0.1, -0.05) is 36.4 Å². The number of fused-ring (bicyclic) bond motifs is 6. The highest BCUT2D eigenvalue weighted by Crippen LogP contribution is 2.45. The van der Waals surface area contributed by atoms with Crippen molar-refractivity contribution in [3.63, 3.8) is 0 Å². The van der Waals surface area contributed by atoms with Gasteiger partial charge in [0.2, 0.25) is 0 Å². The number of benzene rings is 4. The Balaban J connectivity index is 1.26. The zero-order valence-electron chi connectivity index (χ0n) is 37.5. The number of nitrogens with zero attached hydrogens (tertiary/aromatic N) is 6. The van der Waals surface area contributed by atoms with E-state index >= 15 is 0 Å². The van der Waals surface area contributed by atoms with E-state index in [2.05, 4.69) is 61.8 Å². The molecular weight excluding hydrogens is 913 g/mol. The lowest BCUT2D eigenvalue weighted by atomic mass is 9.91. The Morgan fingerprint density at radius 2 is 0.389 bits per heavy atom. The lowest BCUT2D eigenvalue weighted by Crippen LogP contribution is -2.19. The van der Waals surface area contributed by atoms with Crippen LogP contribution in [0.5, 0.6) is 0 Å². The summed E-state index contributed by atoms with van der Waals surface area (Å²) in [6, 6.07) is 39.1. The molecule has 10 aromatic rings. The molecule has 18 nitrogen and oxygen atoms in total. The number of amides is 6. The van der Waals surface area contributed by atoms with Gasteiger partial charge in [-0.05, 0) is 142 Å². The van der Waals surface area contributed by atoms with Gasteiger partial charge >= 0.3 is 0 Å². The van der Waals surface area contributed by atoms with Crippen molar-refractivity contribution in [2.45, 2.75) is 0 Å². The van der Waals surface area contributed by atoms with Gasteiger partial charge in [0.05, 0.1) is 34.1 Å². The first-order valence-electron chi connectivity index (χ1n) is 22.1. The van der Waals surface area contributed by atoms with Gasteiger partial charge in [0.25, 0.3) is 35.4 Å². The van der Waals surface area contributed by atoms with Crippen LogP contribution in [0.15, 0.2) is 183 Å². The maximum atomic E-state index is 13.9. The van der Waals surface area contributed by atoms with Gasteiger partial charge in [0.15, 0.2) is 0 Å². The van der Waals surface area contributed by atoms with Crippen molar-refractivity contribution in [1.82, 2.24) is 29.9 Å². The van der Waals surface area contributed by atoms with Crippen LogP contribution in [-0.2, 0) is 0 Å². The SMILES string of the molecule is O=C(Nc1cc2c3cc(NC(=O)c4ccccn4)c(NC(=O)c4ccccn4)cc3c3cc(NC(=O)c4ccccn4)c(NC(=O)c4ccccn4)cc3c2cc1NC(=O)c1ccccn1)c1ccccn1. The Morgan fingerprint density at radius 3 is 0.514 bits per heavy atom. The molecule has 0 radical (unpaired) electrons. The van der Waals surface area contributed by atoms with Crippen LogP contribution in [-0.4, -0.2) is 65.3 Å². The molecule has 72 heavy (non-hydrogen) atoms. The third-order valence-electron chi connectivity index (χ3n) is 11.2. The monoisotopic (exact) mass is 948 g/mol. The normalized spacial score (nSPS) is 10.8. The topological polar surface area (TPSA) is 252 Å². The first kappa shape index (κ1) is 45.2. The summed E-state index contributed by atoms with van der Waals surface area (Å²) >= 11 is 0. The number of nitrogens with one attached hydrogen (secondary N) is 6. The van der Waals surface area contributed by atoms with Crippen LogP contribution in [0.3, 0.4) is 0 Å². The predicted octanol–water partition coefficient (Wildman–Crippen LogP) is 9.03. The molecule has 6 N–H and O–H groups in total. The number of hydrogen-bond acceptors (Lipinski definition) is 12. The van der Waals surface area contributed by atoms with E-state index in [0.29, 0.717) is 32.3 Å². The number of carbonyl (C=O) groups excluding carboxylic acids is 6. The van der Waals surface area contributed by atoms with Gasteiger partial charge in [-0.2, -0.15) is 0 Å². The highest BCUT2D eigenvalue weighted by molar-refractivity contribution is 6.31. The highest BCUT2D eigenvalue weighted by atomic mass is 16.2. The van der Waals surface area contributed by atoms with Gasteiger partial charge in [-0.15, -0.1) is 0 Å². The molecule has 6 amide bonds. The van der Waals surface area contributed by atoms with Crippen molar-refractivity contribution in [3.05, 3.63) is 217 Å². The molecule has 0 aliphatic heterocycles. The number of carbonyl (C=O) groups is 6. The summed E-state index contributed by atoms with van der Waals surface area (Å²) < 4.78 is 0. The van der Waals surface area contributed by atoms with Crippen molar-refractivity contribution in [1.29, 1.82) is 0 Å². The predicted molar refractivity (Wildman–Crippen MR) is 272 cm³/mol. The average molecular weight is 949 g/mol. The van der Waals surface area contributed by atoms with Gasteiger partial charge in [-0.3, -0.25) is 58.7 Å². The Morgan fingerprint density at radius 1 is 0.236 bits per heavy atom. The summed E-state index contributed by atoms with van der Waals surface area (Å²) in [7, 11) is 0.